The SMILES string of the molecule is CCCCCCCCCC(=O)NC(Cc1cccc2ccccc12)C(=O)NC(CC(C)C)C(=O)NC(C(=O)O)C(C)C. The van der Waals surface area contributed by atoms with E-state index in [-0.39, 0.29) is 24.2 Å². The zero-order valence-electron chi connectivity index (χ0n) is 26.1. The number of fused-ring (bicyclic) bond motifs is 1. The van der Waals surface area contributed by atoms with E-state index in [0.29, 0.717) is 12.8 Å². The van der Waals surface area contributed by atoms with E-state index in [9.17, 15) is 24.3 Å². The summed E-state index contributed by atoms with van der Waals surface area (Å²) in [4.78, 5) is 51.6. The van der Waals surface area contributed by atoms with Crippen LogP contribution in [0, 0.1) is 11.8 Å². The number of aliphatic carboxylic acids is 1. The Kier molecular flexibility index (Phi) is 15.1. The number of carbonyl (C=O) groups excluding carboxylic acids is 3. The second kappa shape index (κ2) is 18.2. The van der Waals surface area contributed by atoms with E-state index >= 15 is 0 Å². The fourth-order valence-electron chi connectivity index (χ4n) is 5.15. The van der Waals surface area contributed by atoms with Crippen LogP contribution in [0.25, 0.3) is 10.8 Å². The number of hydrogen-bond acceptors (Lipinski definition) is 4. The van der Waals surface area contributed by atoms with Gasteiger partial charge >= 0.3 is 5.97 Å². The van der Waals surface area contributed by atoms with Gasteiger partial charge in [-0.25, -0.2) is 4.79 Å². The Bertz CT molecular complexity index is 1160. The van der Waals surface area contributed by atoms with E-state index in [1.807, 2.05) is 56.3 Å². The molecule has 8 nitrogen and oxygen atoms in total. The van der Waals surface area contributed by atoms with Crippen molar-refractivity contribution in [1.82, 2.24) is 16.0 Å². The van der Waals surface area contributed by atoms with Crippen LogP contribution in [-0.4, -0.2) is 46.9 Å². The number of unbranched alkanes of at least 4 members (excludes halogenated alkanes) is 6. The third-order valence-corrected chi connectivity index (χ3v) is 7.53. The molecule has 3 unspecified atom stereocenters. The van der Waals surface area contributed by atoms with Crippen molar-refractivity contribution in [2.75, 3.05) is 0 Å². The maximum Gasteiger partial charge on any atom is 0.326 e. The Hall–Kier alpha value is -3.42. The van der Waals surface area contributed by atoms with Crippen molar-refractivity contribution in [3.05, 3.63) is 48.0 Å². The normalized spacial score (nSPS) is 13.5. The summed E-state index contributed by atoms with van der Waals surface area (Å²) in [6.07, 6.45) is 8.54. The van der Waals surface area contributed by atoms with Crippen LogP contribution < -0.4 is 16.0 Å². The maximum absolute atomic E-state index is 13.7. The van der Waals surface area contributed by atoms with Crippen molar-refractivity contribution < 1.29 is 24.3 Å². The Morgan fingerprint density at radius 3 is 2.00 bits per heavy atom. The molecule has 0 aliphatic rings. The molecule has 42 heavy (non-hydrogen) atoms. The first kappa shape index (κ1) is 34.8. The minimum absolute atomic E-state index is 0.0619. The van der Waals surface area contributed by atoms with Crippen molar-refractivity contribution >= 4 is 34.5 Å². The van der Waals surface area contributed by atoms with E-state index in [1.54, 1.807) is 13.8 Å². The number of carbonyl (C=O) groups is 4. The number of hydrogen-bond donors (Lipinski definition) is 4. The molecule has 0 saturated heterocycles. The van der Waals surface area contributed by atoms with Gasteiger partial charge in [-0.15, -0.1) is 0 Å². The molecule has 0 saturated carbocycles. The molecule has 0 aliphatic carbocycles. The minimum atomic E-state index is -1.13. The lowest BCUT2D eigenvalue weighted by Crippen LogP contribution is -2.57. The first-order valence-corrected chi connectivity index (χ1v) is 15.6. The van der Waals surface area contributed by atoms with E-state index in [1.165, 1.54) is 25.7 Å². The lowest BCUT2D eigenvalue weighted by atomic mass is 9.97. The summed E-state index contributed by atoms with van der Waals surface area (Å²) in [5.74, 6) is -2.60. The van der Waals surface area contributed by atoms with Crippen LogP contribution in [0.15, 0.2) is 42.5 Å². The van der Waals surface area contributed by atoms with Gasteiger partial charge in [-0.2, -0.15) is 0 Å². The van der Waals surface area contributed by atoms with Crippen molar-refractivity contribution in [3.8, 4) is 0 Å². The monoisotopic (exact) mass is 581 g/mol. The predicted molar refractivity (Wildman–Crippen MR) is 168 cm³/mol. The first-order valence-electron chi connectivity index (χ1n) is 15.6. The summed E-state index contributed by atoms with van der Waals surface area (Å²) in [6, 6.07) is 10.9. The summed E-state index contributed by atoms with van der Waals surface area (Å²) in [5.41, 5.74) is 0.917. The van der Waals surface area contributed by atoms with Crippen LogP contribution in [0.1, 0.15) is 98.0 Å². The molecule has 0 bridgehead atoms. The summed E-state index contributed by atoms with van der Waals surface area (Å²) in [6.45, 7) is 9.49. The third-order valence-electron chi connectivity index (χ3n) is 7.53. The fraction of sp³-hybridized carbons (Fsp3) is 0.588. The highest BCUT2D eigenvalue weighted by Gasteiger charge is 2.31. The van der Waals surface area contributed by atoms with Gasteiger partial charge in [-0.1, -0.05) is 116 Å². The van der Waals surface area contributed by atoms with Gasteiger partial charge < -0.3 is 21.1 Å². The molecule has 2 aromatic carbocycles. The van der Waals surface area contributed by atoms with Gasteiger partial charge in [-0.05, 0) is 41.0 Å². The first-order chi connectivity index (χ1) is 20.0. The molecule has 0 aromatic heterocycles. The second-order valence-corrected chi connectivity index (χ2v) is 12.1. The number of amides is 3. The minimum Gasteiger partial charge on any atom is -0.480 e. The largest absolute Gasteiger partial charge is 0.480 e. The van der Waals surface area contributed by atoms with Gasteiger partial charge in [0.25, 0.3) is 0 Å². The highest BCUT2D eigenvalue weighted by atomic mass is 16.4. The quantitative estimate of drug-likeness (QED) is 0.157. The Balaban J connectivity index is 2.21. The molecule has 3 amide bonds. The van der Waals surface area contributed by atoms with Crippen LogP contribution in [0.4, 0.5) is 0 Å². The smallest absolute Gasteiger partial charge is 0.326 e. The highest BCUT2D eigenvalue weighted by molar-refractivity contribution is 5.94. The van der Waals surface area contributed by atoms with E-state index in [2.05, 4.69) is 22.9 Å². The highest BCUT2D eigenvalue weighted by Crippen LogP contribution is 2.20. The van der Waals surface area contributed by atoms with Crippen LogP contribution >= 0.6 is 0 Å². The van der Waals surface area contributed by atoms with Crippen molar-refractivity contribution in [2.24, 2.45) is 11.8 Å². The molecular formula is C34H51N3O5. The Morgan fingerprint density at radius 2 is 1.36 bits per heavy atom. The standard InChI is InChI=1S/C34H51N3O5/c1-6-7-8-9-10-11-12-20-30(38)35-29(22-26-18-15-17-25-16-13-14-19-27(25)26)32(39)36-28(21-23(2)3)33(40)37-31(24(4)5)34(41)42/h13-19,23-24,28-29,31H,6-12,20-22H2,1-5H3,(H,35,38)(H,36,39)(H,37,40)(H,41,42). The van der Waals surface area contributed by atoms with Gasteiger partial charge in [0.05, 0.1) is 0 Å². The molecule has 2 rings (SSSR count). The average Bonchev–Trinajstić information content (AvgIpc) is 2.94. The molecule has 0 spiro atoms. The van der Waals surface area contributed by atoms with Crippen LogP contribution in [0.5, 0.6) is 0 Å². The molecule has 4 N–H and O–H groups in total. The molecule has 0 heterocycles. The lowest BCUT2D eigenvalue weighted by Gasteiger charge is -2.26. The predicted octanol–water partition coefficient (Wildman–Crippen LogP) is 5.76. The third kappa shape index (κ3) is 11.8. The van der Waals surface area contributed by atoms with Crippen molar-refractivity contribution in [1.29, 1.82) is 0 Å². The summed E-state index contributed by atoms with van der Waals surface area (Å²) >= 11 is 0. The number of carboxylic acids is 1. The molecule has 2 aromatic rings. The van der Waals surface area contributed by atoms with Crippen LogP contribution in [-0.2, 0) is 25.6 Å². The van der Waals surface area contributed by atoms with Gasteiger partial charge in [0, 0.05) is 12.8 Å². The number of rotatable bonds is 19. The van der Waals surface area contributed by atoms with Gasteiger partial charge in [0.2, 0.25) is 17.7 Å². The zero-order valence-corrected chi connectivity index (χ0v) is 26.1. The topological polar surface area (TPSA) is 125 Å². The molecule has 232 valence electrons. The van der Waals surface area contributed by atoms with Crippen LogP contribution in [0.2, 0.25) is 0 Å². The average molecular weight is 582 g/mol. The molecule has 8 heteroatoms. The number of nitrogens with one attached hydrogen (secondary N) is 3. The van der Waals surface area contributed by atoms with E-state index in [0.717, 1.165) is 35.6 Å². The second-order valence-electron chi connectivity index (χ2n) is 12.1. The fourth-order valence-corrected chi connectivity index (χ4v) is 5.15. The van der Waals surface area contributed by atoms with Gasteiger partial charge in [0.15, 0.2) is 0 Å². The van der Waals surface area contributed by atoms with E-state index in [4.69, 9.17) is 0 Å². The Labute approximate surface area is 251 Å². The van der Waals surface area contributed by atoms with Crippen molar-refractivity contribution in [2.45, 2.75) is 117 Å². The summed E-state index contributed by atoms with van der Waals surface area (Å²) < 4.78 is 0. The Morgan fingerprint density at radius 1 is 0.738 bits per heavy atom. The molecule has 3 atom stereocenters. The van der Waals surface area contributed by atoms with Crippen LogP contribution in [0.3, 0.4) is 0 Å². The zero-order chi connectivity index (χ0) is 31.1. The molecule has 0 aliphatic heterocycles. The molecule has 0 fully saturated rings. The summed E-state index contributed by atoms with van der Waals surface area (Å²) in [7, 11) is 0. The molecular weight excluding hydrogens is 530 g/mol. The molecule has 0 radical (unpaired) electrons. The lowest BCUT2D eigenvalue weighted by molar-refractivity contribution is -0.143. The number of benzene rings is 2. The van der Waals surface area contributed by atoms with E-state index < -0.39 is 35.9 Å². The van der Waals surface area contributed by atoms with Crippen molar-refractivity contribution in [3.63, 3.8) is 0 Å². The van der Waals surface area contributed by atoms with Gasteiger partial charge in [-0.3, -0.25) is 14.4 Å². The maximum atomic E-state index is 13.7. The van der Waals surface area contributed by atoms with Gasteiger partial charge in [0.1, 0.15) is 18.1 Å². The number of carboxylic acid groups (broad SMARTS) is 1. The summed E-state index contributed by atoms with van der Waals surface area (Å²) in [5, 5.41) is 20.0.